The molecule has 0 saturated carbocycles. The van der Waals surface area contributed by atoms with Crippen molar-refractivity contribution in [2.75, 3.05) is 12.4 Å². The molecule has 146 valence electrons. The molecule has 0 spiro atoms. The Bertz CT molecular complexity index is 1080. The molecule has 0 aromatic heterocycles. The Balaban J connectivity index is 1.69. The fraction of sp³-hybridized carbons (Fsp3) is 0.0435. The van der Waals surface area contributed by atoms with Gasteiger partial charge in [-0.05, 0) is 66.2 Å². The molecule has 1 amide bonds. The van der Waals surface area contributed by atoms with Gasteiger partial charge < -0.3 is 10.1 Å². The molecule has 0 unspecified atom stereocenters. The van der Waals surface area contributed by atoms with Crippen molar-refractivity contribution in [3.63, 3.8) is 0 Å². The van der Waals surface area contributed by atoms with E-state index in [9.17, 15) is 18.4 Å². The summed E-state index contributed by atoms with van der Waals surface area (Å²) in [6.45, 7) is 0. The van der Waals surface area contributed by atoms with Crippen LogP contribution >= 0.6 is 0 Å². The largest absolute Gasteiger partial charge is 0.497 e. The molecule has 6 heteroatoms. The molecular formula is C23H17F2NO3. The van der Waals surface area contributed by atoms with Gasteiger partial charge in [0.1, 0.15) is 5.75 Å². The van der Waals surface area contributed by atoms with Gasteiger partial charge in [0.05, 0.1) is 7.11 Å². The Morgan fingerprint density at radius 2 is 1.62 bits per heavy atom. The van der Waals surface area contributed by atoms with Crippen molar-refractivity contribution in [3.05, 3.63) is 101 Å². The highest BCUT2D eigenvalue weighted by molar-refractivity contribution is 6.07. The van der Waals surface area contributed by atoms with E-state index in [0.29, 0.717) is 22.6 Å². The first-order valence-electron chi connectivity index (χ1n) is 8.69. The zero-order chi connectivity index (χ0) is 20.8. The first-order valence-corrected chi connectivity index (χ1v) is 8.69. The van der Waals surface area contributed by atoms with E-state index < -0.39 is 17.4 Å². The van der Waals surface area contributed by atoms with Crippen molar-refractivity contribution in [1.29, 1.82) is 0 Å². The quantitative estimate of drug-likeness (QED) is 0.467. The molecular weight excluding hydrogens is 376 g/mol. The molecule has 0 bridgehead atoms. The number of amides is 1. The second-order valence-corrected chi connectivity index (χ2v) is 6.13. The van der Waals surface area contributed by atoms with E-state index in [-0.39, 0.29) is 11.5 Å². The van der Waals surface area contributed by atoms with Gasteiger partial charge in [-0.1, -0.05) is 18.2 Å². The number of ether oxygens (including phenoxy) is 1. The summed E-state index contributed by atoms with van der Waals surface area (Å²) < 4.78 is 31.3. The third-order valence-corrected chi connectivity index (χ3v) is 4.13. The van der Waals surface area contributed by atoms with Crippen molar-refractivity contribution >= 4 is 23.5 Å². The van der Waals surface area contributed by atoms with E-state index >= 15 is 0 Å². The minimum Gasteiger partial charge on any atom is -0.497 e. The van der Waals surface area contributed by atoms with E-state index in [0.717, 1.165) is 12.1 Å². The molecule has 3 aromatic carbocycles. The molecule has 1 N–H and O–H groups in total. The summed E-state index contributed by atoms with van der Waals surface area (Å²) in [6.07, 6.45) is 2.80. The van der Waals surface area contributed by atoms with Crippen LogP contribution < -0.4 is 10.1 Å². The van der Waals surface area contributed by atoms with Crippen LogP contribution in [-0.2, 0) is 0 Å². The van der Waals surface area contributed by atoms with E-state index in [1.165, 1.54) is 18.2 Å². The number of benzene rings is 3. The van der Waals surface area contributed by atoms with Crippen LogP contribution in [0.3, 0.4) is 0 Å². The second-order valence-electron chi connectivity index (χ2n) is 6.13. The number of anilines is 1. The van der Waals surface area contributed by atoms with Crippen LogP contribution in [0.2, 0.25) is 0 Å². The maximum absolute atomic E-state index is 13.3. The maximum Gasteiger partial charge on any atom is 0.255 e. The third kappa shape index (κ3) is 5.13. The summed E-state index contributed by atoms with van der Waals surface area (Å²) >= 11 is 0. The molecule has 0 fully saturated rings. The highest BCUT2D eigenvalue weighted by atomic mass is 19.2. The first kappa shape index (κ1) is 19.9. The van der Waals surface area contributed by atoms with Gasteiger partial charge in [-0.3, -0.25) is 9.59 Å². The molecule has 29 heavy (non-hydrogen) atoms. The minimum atomic E-state index is -1.08. The number of ketones is 1. The topological polar surface area (TPSA) is 55.4 Å². The number of halogens is 2. The number of nitrogens with one attached hydrogen (secondary N) is 1. The lowest BCUT2D eigenvalue weighted by atomic mass is 10.1. The molecule has 0 radical (unpaired) electrons. The van der Waals surface area contributed by atoms with Crippen LogP contribution in [0.4, 0.5) is 14.5 Å². The Morgan fingerprint density at radius 1 is 0.897 bits per heavy atom. The molecule has 4 nitrogen and oxygen atoms in total. The smallest absolute Gasteiger partial charge is 0.255 e. The summed E-state index contributed by atoms with van der Waals surface area (Å²) in [5.41, 5.74) is 1.73. The Labute approximate surface area is 166 Å². The summed E-state index contributed by atoms with van der Waals surface area (Å²) in [6, 6.07) is 16.6. The normalized spacial score (nSPS) is 10.7. The molecule has 0 heterocycles. The molecule has 0 saturated heterocycles. The van der Waals surface area contributed by atoms with E-state index in [2.05, 4.69) is 5.32 Å². The molecule has 0 aliphatic carbocycles. The molecule has 0 aliphatic rings. The van der Waals surface area contributed by atoms with Crippen molar-refractivity contribution in [3.8, 4) is 5.75 Å². The number of methoxy groups -OCH3 is 1. The minimum absolute atomic E-state index is 0.0455. The van der Waals surface area contributed by atoms with Crippen LogP contribution in [0.1, 0.15) is 26.3 Å². The van der Waals surface area contributed by atoms with Gasteiger partial charge in [-0.15, -0.1) is 0 Å². The van der Waals surface area contributed by atoms with Gasteiger partial charge in [0.25, 0.3) is 5.91 Å². The average Bonchev–Trinajstić information content (AvgIpc) is 2.74. The number of rotatable bonds is 6. The summed E-state index contributed by atoms with van der Waals surface area (Å²) in [5, 5.41) is 2.78. The van der Waals surface area contributed by atoms with E-state index in [1.807, 2.05) is 0 Å². The number of hydrogen-bond donors (Lipinski definition) is 1. The van der Waals surface area contributed by atoms with Crippen molar-refractivity contribution < 1.29 is 23.1 Å². The summed E-state index contributed by atoms with van der Waals surface area (Å²) in [5.74, 6) is -2.18. The number of carbonyl (C=O) groups excluding carboxylic acids is 2. The maximum atomic E-state index is 13.3. The van der Waals surface area contributed by atoms with Crippen molar-refractivity contribution in [1.82, 2.24) is 0 Å². The second kappa shape index (κ2) is 8.93. The fourth-order valence-corrected chi connectivity index (χ4v) is 2.58. The fourth-order valence-electron chi connectivity index (χ4n) is 2.58. The molecule has 3 aromatic rings. The Morgan fingerprint density at radius 3 is 2.31 bits per heavy atom. The SMILES string of the molecule is COc1ccc(C(=O)Nc2cccc(/C=C/C(=O)c3ccc(F)c(F)c3)c2)cc1. The van der Waals surface area contributed by atoms with Crippen LogP contribution in [0.15, 0.2) is 72.8 Å². The van der Waals surface area contributed by atoms with E-state index in [4.69, 9.17) is 4.74 Å². The van der Waals surface area contributed by atoms with Gasteiger partial charge in [0, 0.05) is 16.8 Å². The van der Waals surface area contributed by atoms with Gasteiger partial charge in [-0.25, -0.2) is 8.78 Å². The number of carbonyl (C=O) groups is 2. The van der Waals surface area contributed by atoms with Crippen LogP contribution in [0, 0.1) is 11.6 Å². The molecule has 0 atom stereocenters. The summed E-state index contributed by atoms with van der Waals surface area (Å²) in [7, 11) is 1.55. The molecule has 0 aliphatic heterocycles. The zero-order valence-electron chi connectivity index (χ0n) is 15.5. The van der Waals surface area contributed by atoms with Gasteiger partial charge in [0.15, 0.2) is 17.4 Å². The van der Waals surface area contributed by atoms with Gasteiger partial charge >= 0.3 is 0 Å². The average molecular weight is 393 g/mol. The number of hydrogen-bond acceptors (Lipinski definition) is 3. The highest BCUT2D eigenvalue weighted by Gasteiger charge is 2.08. The predicted molar refractivity (Wildman–Crippen MR) is 107 cm³/mol. The van der Waals surface area contributed by atoms with Crippen molar-refractivity contribution in [2.45, 2.75) is 0 Å². The first-order chi connectivity index (χ1) is 14.0. The Hall–Kier alpha value is -3.80. The van der Waals surface area contributed by atoms with Crippen LogP contribution in [-0.4, -0.2) is 18.8 Å². The zero-order valence-corrected chi connectivity index (χ0v) is 15.5. The number of allylic oxidation sites excluding steroid dienone is 1. The predicted octanol–water partition coefficient (Wildman–Crippen LogP) is 5.12. The van der Waals surface area contributed by atoms with Gasteiger partial charge in [0.2, 0.25) is 0 Å². The third-order valence-electron chi connectivity index (χ3n) is 4.13. The monoisotopic (exact) mass is 393 g/mol. The lowest BCUT2D eigenvalue weighted by Crippen LogP contribution is -2.11. The lowest BCUT2D eigenvalue weighted by Gasteiger charge is -2.07. The van der Waals surface area contributed by atoms with E-state index in [1.54, 1.807) is 55.6 Å². The highest BCUT2D eigenvalue weighted by Crippen LogP contribution is 2.16. The van der Waals surface area contributed by atoms with Gasteiger partial charge in [-0.2, -0.15) is 0 Å². The standard InChI is InChI=1S/C23H17F2NO3/c1-29-19-9-6-16(7-10-19)23(28)26-18-4-2-3-15(13-18)5-12-22(27)17-8-11-20(24)21(25)14-17/h2-14H,1H3,(H,26,28)/b12-5+. The van der Waals surface area contributed by atoms with Crippen LogP contribution in [0.5, 0.6) is 5.75 Å². The van der Waals surface area contributed by atoms with Crippen molar-refractivity contribution in [2.24, 2.45) is 0 Å². The molecule has 3 rings (SSSR count). The summed E-state index contributed by atoms with van der Waals surface area (Å²) in [4.78, 5) is 24.5. The lowest BCUT2D eigenvalue weighted by molar-refractivity contribution is 0.102. The Kier molecular flexibility index (Phi) is 6.14. The van der Waals surface area contributed by atoms with Crippen LogP contribution in [0.25, 0.3) is 6.08 Å².